The minimum Gasteiger partial charge on any atom is -0.481 e. The van der Waals surface area contributed by atoms with E-state index in [1.54, 1.807) is 4.90 Å². The first kappa shape index (κ1) is 48.7. The summed E-state index contributed by atoms with van der Waals surface area (Å²) in [6.45, 7) is 4.25. The van der Waals surface area contributed by atoms with Crippen molar-refractivity contribution in [2.24, 2.45) is 23.5 Å². The molecule has 3 aromatic rings. The van der Waals surface area contributed by atoms with Gasteiger partial charge in [0.05, 0.1) is 44.1 Å². The zero-order valence-electron chi connectivity index (χ0n) is 35.7. The number of nitrogens with zero attached hydrogens (tertiary/aromatic N) is 2. The monoisotopic (exact) mass is 885 g/mol. The van der Waals surface area contributed by atoms with Gasteiger partial charge in [-0.1, -0.05) is 88.4 Å². The first-order chi connectivity index (χ1) is 29.9. The summed E-state index contributed by atoms with van der Waals surface area (Å²) in [5, 5.41) is 13.9. The Bertz CT molecular complexity index is 2030. The van der Waals surface area contributed by atoms with Crippen LogP contribution in [0.15, 0.2) is 55.0 Å². The Kier molecular flexibility index (Phi) is 17.2. The number of alkyl halides is 3. The number of nitrogens with one attached hydrogen (secondary N) is 2. The second-order valence-electron chi connectivity index (χ2n) is 17.0. The Morgan fingerprint density at radius 3 is 2.32 bits per heavy atom. The second kappa shape index (κ2) is 22.3. The molecule has 18 heteroatoms. The van der Waals surface area contributed by atoms with E-state index in [9.17, 15) is 37.5 Å². The van der Waals surface area contributed by atoms with Crippen molar-refractivity contribution in [2.75, 3.05) is 26.3 Å². The molecule has 1 saturated carbocycles. The molecule has 0 bridgehead atoms. The average molecular weight is 886 g/mol. The fourth-order valence-electron chi connectivity index (χ4n) is 8.47. The van der Waals surface area contributed by atoms with Gasteiger partial charge < -0.3 is 40.3 Å². The Labute approximate surface area is 364 Å². The SMILES string of the molecule is CC(C)C(CC(OC(=O)CCC(=O)O)[C@H](CC1CCCCC1)NC(=O)[C@@](N)(Cc1c[nH]cn1)C(=O)[C@H](CC(=O)N1CCOCC1)Cc1cccc2ccccc12)OC(=O)C(F)(F)F. The maximum absolute atomic E-state index is 15.3. The number of hydrogen-bond acceptors (Lipinski definition) is 11. The minimum absolute atomic E-state index is 0.0268. The van der Waals surface area contributed by atoms with Crippen molar-refractivity contribution in [1.82, 2.24) is 20.2 Å². The highest BCUT2D eigenvalue weighted by Gasteiger charge is 2.49. The van der Waals surface area contributed by atoms with Gasteiger partial charge in [0.2, 0.25) is 11.8 Å². The zero-order chi connectivity index (χ0) is 45.7. The van der Waals surface area contributed by atoms with E-state index in [4.69, 9.17) is 19.9 Å². The third kappa shape index (κ3) is 13.8. The molecule has 2 heterocycles. The highest BCUT2D eigenvalue weighted by atomic mass is 19.4. The van der Waals surface area contributed by atoms with Crippen LogP contribution in [0.2, 0.25) is 0 Å². The van der Waals surface area contributed by atoms with Crippen molar-refractivity contribution in [3.63, 3.8) is 0 Å². The third-order valence-corrected chi connectivity index (χ3v) is 12.0. The van der Waals surface area contributed by atoms with Crippen molar-refractivity contribution in [1.29, 1.82) is 0 Å². The van der Waals surface area contributed by atoms with Gasteiger partial charge in [-0.05, 0) is 41.0 Å². The van der Waals surface area contributed by atoms with Crippen LogP contribution < -0.4 is 11.1 Å². The number of morpholine rings is 1. The van der Waals surface area contributed by atoms with E-state index < -0.39 is 97.1 Å². The number of aromatic nitrogens is 2. The van der Waals surface area contributed by atoms with Gasteiger partial charge in [-0.3, -0.25) is 24.0 Å². The zero-order valence-corrected chi connectivity index (χ0v) is 35.7. The van der Waals surface area contributed by atoms with Gasteiger partial charge >= 0.3 is 24.1 Å². The molecule has 0 radical (unpaired) electrons. The normalized spacial score (nSPS) is 17.9. The molecule has 5 N–H and O–H groups in total. The number of ketones is 1. The van der Waals surface area contributed by atoms with Gasteiger partial charge in [0, 0.05) is 44.5 Å². The summed E-state index contributed by atoms with van der Waals surface area (Å²) in [4.78, 5) is 89.8. The summed E-state index contributed by atoms with van der Waals surface area (Å²) in [5.41, 5.74) is 5.66. The number of fused-ring (bicyclic) bond motifs is 1. The largest absolute Gasteiger partial charge is 0.490 e. The van der Waals surface area contributed by atoms with Crippen LogP contribution in [0.25, 0.3) is 10.8 Å². The Hall–Kier alpha value is -5.36. The Morgan fingerprint density at radius 1 is 0.968 bits per heavy atom. The van der Waals surface area contributed by atoms with Gasteiger partial charge in [-0.15, -0.1) is 0 Å². The molecule has 1 aliphatic carbocycles. The molecular weight excluding hydrogens is 828 g/mol. The topological polar surface area (TPSA) is 220 Å². The molecule has 2 aliphatic rings. The maximum atomic E-state index is 15.3. The first-order valence-electron chi connectivity index (χ1n) is 21.6. The molecule has 2 unspecified atom stereocenters. The number of ether oxygens (including phenoxy) is 3. The number of carboxylic acids is 1. The van der Waals surface area contributed by atoms with Crippen LogP contribution in [0.3, 0.4) is 0 Å². The Morgan fingerprint density at radius 2 is 1.67 bits per heavy atom. The van der Waals surface area contributed by atoms with Crippen LogP contribution in [0, 0.1) is 17.8 Å². The smallest absolute Gasteiger partial charge is 0.481 e. The highest BCUT2D eigenvalue weighted by Crippen LogP contribution is 2.33. The number of rotatable bonds is 21. The Balaban J connectivity index is 1.56. The van der Waals surface area contributed by atoms with Crippen LogP contribution in [0.1, 0.15) is 89.3 Å². The van der Waals surface area contributed by atoms with E-state index in [-0.39, 0.29) is 36.8 Å². The number of aliphatic carboxylic acids is 1. The third-order valence-electron chi connectivity index (χ3n) is 12.0. The summed E-state index contributed by atoms with van der Waals surface area (Å²) in [5.74, 6) is -8.86. The van der Waals surface area contributed by atoms with Gasteiger partial charge in [0.15, 0.2) is 11.3 Å². The number of esters is 2. The predicted molar refractivity (Wildman–Crippen MR) is 223 cm³/mol. The van der Waals surface area contributed by atoms with Crippen LogP contribution in [-0.4, -0.2) is 112 Å². The van der Waals surface area contributed by atoms with Crippen LogP contribution >= 0.6 is 0 Å². The molecule has 0 spiro atoms. The number of imidazole rings is 1. The van der Waals surface area contributed by atoms with E-state index in [1.807, 2.05) is 42.5 Å². The van der Waals surface area contributed by atoms with Crippen molar-refractivity contribution >= 4 is 46.3 Å². The number of Topliss-reactive ketones (excluding diaryl/α,β-unsaturated/α-hetero) is 1. The number of benzene rings is 2. The number of carboxylic acid groups (broad SMARTS) is 1. The van der Waals surface area contributed by atoms with E-state index in [0.717, 1.165) is 35.6 Å². The summed E-state index contributed by atoms with van der Waals surface area (Å²) < 4.78 is 56.7. The molecule has 344 valence electrons. The number of nitrogens with two attached hydrogens (primary N) is 1. The van der Waals surface area contributed by atoms with Gasteiger partial charge in [0.25, 0.3) is 0 Å². The molecule has 15 nitrogen and oxygen atoms in total. The van der Waals surface area contributed by atoms with Crippen molar-refractivity contribution in [3.05, 3.63) is 66.2 Å². The van der Waals surface area contributed by atoms with E-state index in [1.165, 1.54) is 26.4 Å². The molecule has 1 aliphatic heterocycles. The number of carbonyl (C=O) groups is 6. The van der Waals surface area contributed by atoms with E-state index in [2.05, 4.69) is 15.3 Å². The summed E-state index contributed by atoms with van der Waals surface area (Å²) >= 11 is 0. The fraction of sp³-hybridized carbons (Fsp3) is 0.578. The standard InChI is InChI=1S/C45H58F3N5O10/c1-28(2)36(63-43(60)45(46,47)48)24-37(62-40(57)16-15-39(55)56)35(21-29-9-4-3-5-10-29)52-42(59)44(49,25-33-26-50-27-51-33)41(58)32(23-38(54)53-17-19-61-20-18-53)22-31-13-8-12-30-11-6-7-14-34(30)31/h6-8,11-14,26-29,32,35-37H,3-5,9-10,15-25,49H2,1-2H3,(H,50,51)(H,52,59)(H,55,56)/t32-,35-,36?,37?,44+/m0/s1. The lowest BCUT2D eigenvalue weighted by Crippen LogP contribution is -2.65. The summed E-state index contributed by atoms with van der Waals surface area (Å²) in [7, 11) is 0. The van der Waals surface area contributed by atoms with Crippen LogP contribution in [0.5, 0.6) is 0 Å². The molecule has 5 atom stereocenters. The maximum Gasteiger partial charge on any atom is 0.490 e. The molecule has 2 aromatic carbocycles. The number of H-pyrrole nitrogens is 1. The van der Waals surface area contributed by atoms with Crippen molar-refractivity contribution in [2.45, 2.75) is 121 Å². The first-order valence-corrected chi connectivity index (χ1v) is 21.6. The molecule has 2 fully saturated rings. The quantitative estimate of drug-likeness (QED) is 0.0798. The van der Waals surface area contributed by atoms with E-state index in [0.29, 0.717) is 39.1 Å². The van der Waals surface area contributed by atoms with Crippen LogP contribution in [-0.2, 0) is 55.8 Å². The number of amides is 2. The lowest BCUT2D eigenvalue weighted by Gasteiger charge is -2.37. The molecule has 63 heavy (non-hydrogen) atoms. The summed E-state index contributed by atoms with van der Waals surface area (Å²) in [6, 6.07) is 11.9. The van der Waals surface area contributed by atoms with Crippen LogP contribution in [0.4, 0.5) is 13.2 Å². The molecule has 5 rings (SSSR count). The second-order valence-corrected chi connectivity index (χ2v) is 17.0. The number of hydrogen-bond donors (Lipinski definition) is 4. The lowest BCUT2D eigenvalue weighted by molar-refractivity contribution is -0.208. The number of carbonyl (C=O) groups excluding carboxylic acids is 5. The minimum atomic E-state index is -5.34. The van der Waals surface area contributed by atoms with Gasteiger partial charge in [-0.25, -0.2) is 9.78 Å². The lowest BCUT2D eigenvalue weighted by atomic mass is 9.77. The molecule has 1 aromatic heterocycles. The molecule has 1 saturated heterocycles. The number of aromatic amines is 1. The summed E-state index contributed by atoms with van der Waals surface area (Å²) in [6.07, 6.45) is -3.73. The van der Waals surface area contributed by atoms with E-state index >= 15 is 9.59 Å². The van der Waals surface area contributed by atoms with Gasteiger partial charge in [0.1, 0.15) is 12.2 Å². The van der Waals surface area contributed by atoms with Gasteiger partial charge in [-0.2, -0.15) is 13.2 Å². The molecular formula is C45H58F3N5O10. The molecule has 2 amide bonds. The van der Waals surface area contributed by atoms with Crippen molar-refractivity contribution < 1.29 is 61.3 Å². The van der Waals surface area contributed by atoms with Crippen molar-refractivity contribution in [3.8, 4) is 0 Å². The average Bonchev–Trinajstić information content (AvgIpc) is 3.77. The highest BCUT2D eigenvalue weighted by molar-refractivity contribution is 6.12. The fourth-order valence-corrected chi connectivity index (χ4v) is 8.47. The number of halogens is 3. The predicted octanol–water partition coefficient (Wildman–Crippen LogP) is 5.23.